The number of rotatable bonds is 8. The molecular weight excluding hydrogens is 446 g/mol. The molecule has 2 atom stereocenters. The highest BCUT2D eigenvalue weighted by Crippen LogP contribution is 2.28. The van der Waals surface area contributed by atoms with Crippen molar-refractivity contribution in [3.63, 3.8) is 0 Å². The number of fused-ring (bicyclic) bond motifs is 1. The zero-order chi connectivity index (χ0) is 22.6. The Hall–Kier alpha value is -2.67. The Morgan fingerprint density at radius 2 is 1.79 bits per heavy atom. The maximum absolute atomic E-state index is 10.9. The topological polar surface area (TPSA) is 70.0 Å². The summed E-state index contributed by atoms with van der Waals surface area (Å²) in [5, 5.41) is 20.0. The number of nitrogens with one attached hydrogen (secondary N) is 1. The molecule has 1 fully saturated rings. The largest absolute Gasteiger partial charge is 0.393 e. The van der Waals surface area contributed by atoms with Gasteiger partial charge in [0.05, 0.1) is 6.10 Å². The Balaban J connectivity index is 0.00000274. The highest BCUT2D eigenvalue weighted by molar-refractivity contribution is 5.85. The van der Waals surface area contributed by atoms with Crippen molar-refractivity contribution in [2.75, 3.05) is 19.6 Å². The molecule has 180 valence electrons. The van der Waals surface area contributed by atoms with E-state index in [4.69, 9.17) is 0 Å². The molecule has 0 bridgehead atoms. The van der Waals surface area contributed by atoms with Crippen molar-refractivity contribution in [3.05, 3.63) is 78.5 Å². The smallest absolute Gasteiger partial charge is 0.123 e. The molecule has 0 aliphatic carbocycles. The van der Waals surface area contributed by atoms with E-state index in [1.165, 1.54) is 16.5 Å². The van der Waals surface area contributed by atoms with Gasteiger partial charge in [-0.15, -0.1) is 22.6 Å². The van der Waals surface area contributed by atoms with Crippen molar-refractivity contribution >= 4 is 23.3 Å². The second-order valence-electron chi connectivity index (χ2n) is 9.47. The maximum atomic E-state index is 10.9. The summed E-state index contributed by atoms with van der Waals surface area (Å²) in [6.45, 7) is 5.56. The third kappa shape index (κ3) is 5.52. The summed E-state index contributed by atoms with van der Waals surface area (Å²) in [7, 11) is 0. The Labute approximate surface area is 207 Å². The van der Waals surface area contributed by atoms with E-state index in [1.807, 2.05) is 4.57 Å². The van der Waals surface area contributed by atoms with Gasteiger partial charge in [0.2, 0.25) is 0 Å². The molecule has 3 heterocycles. The second kappa shape index (κ2) is 11.2. The normalized spacial score (nSPS) is 16.9. The van der Waals surface area contributed by atoms with Gasteiger partial charge in [0.1, 0.15) is 12.7 Å². The Morgan fingerprint density at radius 1 is 1.06 bits per heavy atom. The van der Waals surface area contributed by atoms with E-state index in [-0.39, 0.29) is 18.5 Å². The summed E-state index contributed by atoms with van der Waals surface area (Å²) in [5.74, 6) is 0.934. The zero-order valence-electron chi connectivity index (χ0n) is 19.7. The SMILES string of the molecule is CC(CN1CCC(C(O)CCc2c[nH]c3ccc(-n4cnnc4)cc23)CC1)c1ccccc1.Cl. The monoisotopic (exact) mass is 479 g/mol. The van der Waals surface area contributed by atoms with Gasteiger partial charge in [-0.25, -0.2) is 0 Å². The average molecular weight is 480 g/mol. The fourth-order valence-corrected chi connectivity index (χ4v) is 5.20. The van der Waals surface area contributed by atoms with Crippen LogP contribution < -0.4 is 0 Å². The van der Waals surface area contributed by atoms with Gasteiger partial charge < -0.3 is 15.0 Å². The molecular formula is C27H34ClN5O. The number of H-pyrrole nitrogens is 1. The molecule has 0 amide bonds. The van der Waals surface area contributed by atoms with Crippen LogP contribution in [0, 0.1) is 5.92 Å². The first-order chi connectivity index (χ1) is 16.2. The lowest BCUT2D eigenvalue weighted by molar-refractivity contribution is 0.0527. The van der Waals surface area contributed by atoms with Crippen LogP contribution in [0.25, 0.3) is 16.6 Å². The zero-order valence-corrected chi connectivity index (χ0v) is 20.5. The van der Waals surface area contributed by atoms with Gasteiger partial charge in [0.15, 0.2) is 0 Å². The van der Waals surface area contributed by atoms with Crippen LogP contribution in [0.15, 0.2) is 67.4 Å². The predicted octanol–water partition coefficient (Wildman–Crippen LogP) is 4.98. The number of halogens is 1. The lowest BCUT2D eigenvalue weighted by atomic mass is 9.87. The van der Waals surface area contributed by atoms with Gasteiger partial charge in [-0.05, 0) is 79.9 Å². The van der Waals surface area contributed by atoms with Crippen LogP contribution in [0.1, 0.15) is 43.2 Å². The van der Waals surface area contributed by atoms with Crippen molar-refractivity contribution in [2.24, 2.45) is 5.92 Å². The Kier molecular flexibility index (Phi) is 8.03. The van der Waals surface area contributed by atoms with Crippen molar-refractivity contribution in [1.29, 1.82) is 0 Å². The van der Waals surface area contributed by atoms with Crippen LogP contribution in [-0.2, 0) is 6.42 Å². The molecule has 34 heavy (non-hydrogen) atoms. The molecule has 2 aromatic carbocycles. The summed E-state index contributed by atoms with van der Waals surface area (Å²) in [4.78, 5) is 5.94. The Bertz CT molecular complexity index is 1150. The number of aliphatic hydroxyl groups excluding tert-OH is 1. The van der Waals surface area contributed by atoms with E-state index in [9.17, 15) is 5.11 Å². The number of piperidine rings is 1. The number of benzene rings is 2. The van der Waals surface area contributed by atoms with Crippen molar-refractivity contribution in [3.8, 4) is 5.69 Å². The Morgan fingerprint density at radius 3 is 2.53 bits per heavy atom. The van der Waals surface area contributed by atoms with Gasteiger partial charge in [-0.1, -0.05) is 37.3 Å². The minimum atomic E-state index is -0.246. The van der Waals surface area contributed by atoms with Gasteiger partial charge in [0, 0.05) is 29.3 Å². The number of hydrogen-bond donors (Lipinski definition) is 2. The number of likely N-dealkylation sites (tertiary alicyclic amines) is 1. The third-order valence-corrected chi connectivity index (χ3v) is 7.25. The minimum Gasteiger partial charge on any atom is -0.393 e. The molecule has 1 saturated heterocycles. The fourth-order valence-electron chi connectivity index (χ4n) is 5.20. The lowest BCUT2D eigenvalue weighted by Crippen LogP contribution is -2.39. The molecule has 2 aromatic heterocycles. The molecule has 2 N–H and O–H groups in total. The molecule has 0 radical (unpaired) electrons. The number of aryl methyl sites for hydroxylation is 1. The quantitative estimate of drug-likeness (QED) is 0.374. The van der Waals surface area contributed by atoms with Crippen LogP contribution in [0.5, 0.6) is 0 Å². The summed E-state index contributed by atoms with van der Waals surface area (Å²) in [5.41, 5.74) is 4.84. The van der Waals surface area contributed by atoms with E-state index in [2.05, 4.69) is 81.7 Å². The number of aromatic amines is 1. The second-order valence-corrected chi connectivity index (χ2v) is 9.47. The molecule has 4 aromatic rings. The van der Waals surface area contributed by atoms with E-state index < -0.39 is 0 Å². The first kappa shape index (κ1) is 24.5. The summed E-state index contributed by atoms with van der Waals surface area (Å²) in [6.07, 6.45) is 9.09. The molecule has 6 nitrogen and oxygen atoms in total. The van der Waals surface area contributed by atoms with Gasteiger partial charge in [-0.3, -0.25) is 4.57 Å². The molecule has 0 spiro atoms. The first-order valence-corrected chi connectivity index (χ1v) is 12.1. The highest BCUT2D eigenvalue weighted by Gasteiger charge is 2.26. The van der Waals surface area contributed by atoms with Crippen LogP contribution >= 0.6 is 12.4 Å². The summed E-state index contributed by atoms with van der Waals surface area (Å²) < 4.78 is 1.91. The van der Waals surface area contributed by atoms with Crippen LogP contribution in [0.4, 0.5) is 0 Å². The maximum Gasteiger partial charge on any atom is 0.123 e. The molecule has 7 heteroatoms. The summed E-state index contributed by atoms with van der Waals surface area (Å²) in [6, 6.07) is 17.1. The number of nitrogens with zero attached hydrogens (tertiary/aromatic N) is 4. The number of hydrogen-bond acceptors (Lipinski definition) is 4. The summed E-state index contributed by atoms with van der Waals surface area (Å²) >= 11 is 0. The van der Waals surface area contributed by atoms with E-state index >= 15 is 0 Å². The van der Waals surface area contributed by atoms with Gasteiger partial charge >= 0.3 is 0 Å². The minimum absolute atomic E-state index is 0. The molecule has 1 aliphatic heterocycles. The standard InChI is InChI=1S/C27H33N5O.ClH/c1-20(21-5-3-2-4-6-21)17-31-13-11-22(12-14-31)27(33)10-7-23-16-28-26-9-8-24(15-25(23)26)32-18-29-30-19-32;/h2-6,8-9,15-16,18-20,22,27-28,33H,7,10-14,17H2,1H3;1H. The predicted molar refractivity (Wildman–Crippen MR) is 139 cm³/mol. The van der Waals surface area contributed by atoms with Crippen molar-refractivity contribution in [1.82, 2.24) is 24.6 Å². The van der Waals surface area contributed by atoms with E-state index in [0.717, 1.165) is 56.5 Å². The van der Waals surface area contributed by atoms with Crippen molar-refractivity contribution < 1.29 is 5.11 Å². The molecule has 2 unspecified atom stereocenters. The van der Waals surface area contributed by atoms with Crippen LogP contribution in [-0.4, -0.2) is 55.5 Å². The van der Waals surface area contributed by atoms with E-state index in [1.54, 1.807) is 12.7 Å². The number of aliphatic hydroxyl groups is 1. The van der Waals surface area contributed by atoms with Crippen molar-refractivity contribution in [2.45, 2.75) is 44.6 Å². The highest BCUT2D eigenvalue weighted by atomic mass is 35.5. The third-order valence-electron chi connectivity index (χ3n) is 7.25. The van der Waals surface area contributed by atoms with Gasteiger partial charge in [-0.2, -0.15) is 0 Å². The van der Waals surface area contributed by atoms with Crippen LogP contribution in [0.3, 0.4) is 0 Å². The number of aromatic nitrogens is 4. The van der Waals surface area contributed by atoms with E-state index in [0.29, 0.717) is 11.8 Å². The lowest BCUT2D eigenvalue weighted by Gasteiger charge is -2.35. The molecule has 1 aliphatic rings. The average Bonchev–Trinajstić information content (AvgIpc) is 3.53. The molecule has 5 rings (SSSR count). The first-order valence-electron chi connectivity index (χ1n) is 12.1. The fraction of sp³-hybridized carbons (Fsp3) is 0.407. The molecule has 0 saturated carbocycles. The van der Waals surface area contributed by atoms with Crippen LogP contribution in [0.2, 0.25) is 0 Å². The van der Waals surface area contributed by atoms with Gasteiger partial charge in [0.25, 0.3) is 0 Å².